The minimum Gasteiger partial charge on any atom is -0.331 e. The first kappa shape index (κ1) is 32.8. The van der Waals surface area contributed by atoms with Crippen LogP contribution in [0.25, 0.3) is 0 Å². The molecule has 0 radical (unpaired) electrons. The summed E-state index contributed by atoms with van der Waals surface area (Å²) in [7, 11) is 3.22. The summed E-state index contributed by atoms with van der Waals surface area (Å²) in [6.45, 7) is 4.61. The normalized spacial score (nSPS) is 12.9. The van der Waals surface area contributed by atoms with Crippen molar-refractivity contribution >= 4 is 0 Å². The SMILES string of the molecule is CCCCCCCCC(CCCCCCCCc1c(F)c(F)c(F)c(F)c1F)C(OC)(OC)OCC. The van der Waals surface area contributed by atoms with Crippen LogP contribution in [0.3, 0.4) is 0 Å². The molecule has 210 valence electrons. The summed E-state index contributed by atoms with van der Waals surface area (Å²) in [4.78, 5) is 0. The van der Waals surface area contributed by atoms with Crippen LogP contribution in [0.4, 0.5) is 22.0 Å². The molecule has 0 aliphatic carbocycles. The summed E-state index contributed by atoms with van der Waals surface area (Å²) in [6.07, 6.45) is 13.6. The molecule has 0 fully saturated rings. The van der Waals surface area contributed by atoms with Crippen LogP contribution in [0.15, 0.2) is 0 Å². The van der Waals surface area contributed by atoms with Crippen molar-refractivity contribution in [2.75, 3.05) is 20.8 Å². The predicted molar refractivity (Wildman–Crippen MR) is 132 cm³/mol. The van der Waals surface area contributed by atoms with Gasteiger partial charge < -0.3 is 14.2 Å². The molecule has 0 heterocycles. The summed E-state index contributed by atoms with van der Waals surface area (Å²) >= 11 is 0. The molecule has 3 nitrogen and oxygen atoms in total. The first-order valence-corrected chi connectivity index (χ1v) is 13.5. The molecule has 1 atom stereocenters. The molecular weight excluding hydrogens is 479 g/mol. The standard InChI is InChI=1S/C28H45F5O3/c1-5-7-8-9-12-15-18-21(28(34-3,35-4)36-6-2)19-16-13-10-11-14-17-20-22-23(29)25(31)27(33)26(32)24(22)30/h21H,5-20H2,1-4H3. The lowest BCUT2D eigenvalue weighted by Crippen LogP contribution is -2.45. The van der Waals surface area contributed by atoms with Gasteiger partial charge in [0, 0.05) is 32.3 Å². The van der Waals surface area contributed by atoms with Crippen molar-refractivity contribution < 1.29 is 36.2 Å². The van der Waals surface area contributed by atoms with Crippen molar-refractivity contribution in [2.24, 2.45) is 5.92 Å². The predicted octanol–water partition coefficient (Wildman–Crippen LogP) is 9.01. The zero-order chi connectivity index (χ0) is 27.0. The number of rotatable bonds is 21. The van der Waals surface area contributed by atoms with Gasteiger partial charge >= 0.3 is 0 Å². The maximum Gasteiger partial charge on any atom is 0.285 e. The van der Waals surface area contributed by atoms with E-state index in [1.165, 1.54) is 32.1 Å². The number of ether oxygens (including phenoxy) is 3. The summed E-state index contributed by atoms with van der Waals surface area (Å²) in [5, 5.41) is 0. The highest BCUT2D eigenvalue weighted by Gasteiger charge is 2.39. The first-order chi connectivity index (χ1) is 17.3. The van der Waals surface area contributed by atoms with Crippen molar-refractivity contribution in [3.63, 3.8) is 0 Å². The van der Waals surface area contributed by atoms with E-state index in [4.69, 9.17) is 14.2 Å². The van der Waals surface area contributed by atoms with Gasteiger partial charge in [0.15, 0.2) is 23.3 Å². The summed E-state index contributed by atoms with van der Waals surface area (Å²) in [5.41, 5.74) is -0.727. The Balaban J connectivity index is 2.46. The van der Waals surface area contributed by atoms with Gasteiger partial charge in [-0.2, -0.15) is 0 Å². The van der Waals surface area contributed by atoms with Gasteiger partial charge in [-0.3, -0.25) is 0 Å². The van der Waals surface area contributed by atoms with Crippen LogP contribution in [0.2, 0.25) is 0 Å². The van der Waals surface area contributed by atoms with Crippen LogP contribution in [0.1, 0.15) is 109 Å². The van der Waals surface area contributed by atoms with Crippen molar-refractivity contribution in [1.29, 1.82) is 0 Å². The monoisotopic (exact) mass is 524 g/mol. The quantitative estimate of drug-likeness (QED) is 0.0528. The van der Waals surface area contributed by atoms with Crippen LogP contribution in [-0.4, -0.2) is 26.8 Å². The topological polar surface area (TPSA) is 27.7 Å². The van der Waals surface area contributed by atoms with E-state index in [2.05, 4.69) is 6.92 Å². The number of unbranched alkanes of at least 4 members (excludes halogenated alkanes) is 10. The molecule has 0 amide bonds. The fourth-order valence-corrected chi connectivity index (χ4v) is 4.79. The highest BCUT2D eigenvalue weighted by atomic mass is 19.2. The number of halogens is 5. The molecule has 1 aromatic carbocycles. The lowest BCUT2D eigenvalue weighted by Gasteiger charge is -2.37. The molecule has 1 unspecified atom stereocenters. The van der Waals surface area contributed by atoms with Crippen LogP contribution in [0, 0.1) is 35.0 Å². The van der Waals surface area contributed by atoms with Gasteiger partial charge in [0.25, 0.3) is 5.97 Å². The lowest BCUT2D eigenvalue weighted by atomic mass is 9.91. The molecule has 0 saturated carbocycles. The second kappa shape index (κ2) is 18.1. The Morgan fingerprint density at radius 3 is 1.44 bits per heavy atom. The third-order valence-electron chi connectivity index (χ3n) is 6.85. The van der Waals surface area contributed by atoms with Crippen molar-refractivity contribution in [3.05, 3.63) is 34.6 Å². The first-order valence-electron chi connectivity index (χ1n) is 13.5. The molecule has 1 rings (SSSR count). The van der Waals surface area contributed by atoms with E-state index in [-0.39, 0.29) is 12.3 Å². The van der Waals surface area contributed by atoms with E-state index in [1.54, 1.807) is 14.2 Å². The summed E-state index contributed by atoms with van der Waals surface area (Å²) in [5.74, 6) is -10.3. The molecule has 8 heteroatoms. The Morgan fingerprint density at radius 1 is 0.583 bits per heavy atom. The van der Waals surface area contributed by atoms with Crippen molar-refractivity contribution in [1.82, 2.24) is 0 Å². The van der Waals surface area contributed by atoms with Gasteiger partial charge in [0.2, 0.25) is 5.82 Å². The minimum atomic E-state index is -2.11. The molecule has 0 spiro atoms. The van der Waals surface area contributed by atoms with E-state index < -0.39 is 40.6 Å². The zero-order valence-electron chi connectivity index (χ0n) is 22.5. The van der Waals surface area contributed by atoms with E-state index in [0.29, 0.717) is 19.4 Å². The molecule has 0 saturated heterocycles. The highest BCUT2D eigenvalue weighted by Crippen LogP contribution is 2.33. The smallest absolute Gasteiger partial charge is 0.285 e. The van der Waals surface area contributed by atoms with E-state index >= 15 is 0 Å². The highest BCUT2D eigenvalue weighted by molar-refractivity contribution is 5.24. The van der Waals surface area contributed by atoms with E-state index in [0.717, 1.165) is 44.9 Å². The fourth-order valence-electron chi connectivity index (χ4n) is 4.79. The Kier molecular flexibility index (Phi) is 16.5. The largest absolute Gasteiger partial charge is 0.331 e. The number of hydrogen-bond acceptors (Lipinski definition) is 3. The van der Waals surface area contributed by atoms with Gasteiger partial charge in [0.1, 0.15) is 0 Å². The molecule has 1 aromatic rings. The Hall–Kier alpha value is -1.25. The average Bonchev–Trinajstić information content (AvgIpc) is 2.89. The fraction of sp³-hybridized carbons (Fsp3) is 0.786. The molecule has 0 aromatic heterocycles. The maximum absolute atomic E-state index is 13.8. The van der Waals surface area contributed by atoms with Crippen LogP contribution < -0.4 is 0 Å². The number of methoxy groups -OCH3 is 2. The minimum absolute atomic E-state index is 0.104. The van der Waals surface area contributed by atoms with Crippen LogP contribution >= 0.6 is 0 Å². The van der Waals surface area contributed by atoms with Crippen LogP contribution in [-0.2, 0) is 20.6 Å². The second-order valence-electron chi connectivity index (χ2n) is 9.41. The summed E-state index contributed by atoms with van der Waals surface area (Å²) < 4.78 is 84.7. The van der Waals surface area contributed by atoms with Crippen molar-refractivity contribution in [2.45, 2.75) is 116 Å². The van der Waals surface area contributed by atoms with Gasteiger partial charge in [-0.25, -0.2) is 22.0 Å². The van der Waals surface area contributed by atoms with Crippen molar-refractivity contribution in [3.8, 4) is 0 Å². The van der Waals surface area contributed by atoms with Gasteiger partial charge in [-0.15, -0.1) is 0 Å². The Morgan fingerprint density at radius 2 is 1.00 bits per heavy atom. The second-order valence-corrected chi connectivity index (χ2v) is 9.41. The average molecular weight is 525 g/mol. The summed E-state index contributed by atoms with van der Waals surface area (Å²) in [6, 6.07) is 0. The zero-order valence-corrected chi connectivity index (χ0v) is 22.5. The van der Waals surface area contributed by atoms with Crippen LogP contribution in [0.5, 0.6) is 0 Å². The maximum atomic E-state index is 13.8. The third kappa shape index (κ3) is 9.90. The molecule has 36 heavy (non-hydrogen) atoms. The van der Waals surface area contributed by atoms with E-state index in [9.17, 15) is 22.0 Å². The lowest BCUT2D eigenvalue weighted by molar-refractivity contribution is -0.388. The molecule has 0 bridgehead atoms. The molecule has 0 N–H and O–H groups in total. The Bertz CT molecular complexity index is 711. The molecule has 0 aliphatic rings. The molecule has 0 aliphatic heterocycles. The van der Waals surface area contributed by atoms with Gasteiger partial charge in [-0.05, 0) is 32.6 Å². The number of hydrogen-bond donors (Lipinski definition) is 0. The molecular formula is C28H45F5O3. The van der Waals surface area contributed by atoms with Gasteiger partial charge in [0.05, 0.1) is 0 Å². The van der Waals surface area contributed by atoms with Gasteiger partial charge in [-0.1, -0.05) is 77.6 Å². The third-order valence-corrected chi connectivity index (χ3v) is 6.85. The Labute approximate surface area is 214 Å². The van der Waals surface area contributed by atoms with E-state index in [1.807, 2.05) is 6.92 Å². The number of benzene rings is 1.